The van der Waals surface area contributed by atoms with Crippen LogP contribution in [0.25, 0.3) is 0 Å². The van der Waals surface area contributed by atoms with Crippen molar-refractivity contribution in [2.24, 2.45) is 10.8 Å². The summed E-state index contributed by atoms with van der Waals surface area (Å²) in [4.78, 5) is 12.5. The number of anilines is 1. The van der Waals surface area contributed by atoms with Crippen molar-refractivity contribution < 1.29 is 0 Å². The SMILES string of the molecule is N/C(=N\NC(=S)N1CCN(c2ccccc2)CC1)c1ncccn1. The molecule has 3 N–H and O–H groups in total. The molecule has 1 saturated heterocycles. The summed E-state index contributed by atoms with van der Waals surface area (Å²) in [7, 11) is 0. The van der Waals surface area contributed by atoms with Crippen molar-refractivity contribution >= 4 is 28.9 Å². The summed E-state index contributed by atoms with van der Waals surface area (Å²) < 4.78 is 0. The van der Waals surface area contributed by atoms with Crippen LogP contribution < -0.4 is 16.1 Å². The van der Waals surface area contributed by atoms with Crippen molar-refractivity contribution in [1.82, 2.24) is 20.3 Å². The number of hydrogen-bond acceptors (Lipinski definition) is 5. The van der Waals surface area contributed by atoms with Crippen LogP contribution >= 0.6 is 12.2 Å². The van der Waals surface area contributed by atoms with Gasteiger partial charge in [-0.2, -0.15) is 5.10 Å². The fourth-order valence-corrected chi connectivity index (χ4v) is 2.69. The number of amidine groups is 1. The van der Waals surface area contributed by atoms with Gasteiger partial charge in [0.1, 0.15) is 0 Å². The van der Waals surface area contributed by atoms with Gasteiger partial charge >= 0.3 is 0 Å². The second-order valence-corrected chi connectivity index (χ2v) is 5.68. The highest BCUT2D eigenvalue weighted by Crippen LogP contribution is 2.15. The molecule has 1 aliphatic heterocycles. The van der Waals surface area contributed by atoms with E-state index in [9.17, 15) is 0 Å². The van der Waals surface area contributed by atoms with Crippen LogP contribution in [-0.2, 0) is 0 Å². The molecule has 0 aliphatic carbocycles. The maximum atomic E-state index is 5.85. The monoisotopic (exact) mass is 341 g/mol. The summed E-state index contributed by atoms with van der Waals surface area (Å²) in [5, 5.41) is 4.63. The number of hydrogen-bond donors (Lipinski definition) is 2. The molecule has 0 amide bonds. The Labute approximate surface area is 146 Å². The third-order valence-electron chi connectivity index (χ3n) is 3.76. The summed E-state index contributed by atoms with van der Waals surface area (Å²) in [6.45, 7) is 3.48. The number of nitrogens with two attached hydrogens (primary N) is 1. The first-order valence-corrected chi connectivity index (χ1v) is 8.10. The van der Waals surface area contributed by atoms with Crippen LogP contribution in [-0.4, -0.2) is 52.0 Å². The molecule has 0 saturated carbocycles. The summed E-state index contributed by atoms with van der Waals surface area (Å²) in [6.07, 6.45) is 3.23. The number of nitrogens with zero attached hydrogens (tertiary/aromatic N) is 5. The third-order valence-corrected chi connectivity index (χ3v) is 4.10. The van der Waals surface area contributed by atoms with Gasteiger partial charge in [0, 0.05) is 44.3 Å². The Kier molecular flexibility index (Phi) is 5.17. The number of para-hydroxylation sites is 1. The molecule has 1 fully saturated rings. The zero-order valence-electron chi connectivity index (χ0n) is 13.2. The second-order valence-electron chi connectivity index (χ2n) is 5.30. The van der Waals surface area contributed by atoms with Crippen molar-refractivity contribution in [2.45, 2.75) is 0 Å². The minimum absolute atomic E-state index is 0.209. The molecule has 124 valence electrons. The van der Waals surface area contributed by atoms with E-state index in [1.54, 1.807) is 18.5 Å². The molecule has 0 unspecified atom stereocenters. The van der Waals surface area contributed by atoms with Gasteiger partial charge < -0.3 is 15.5 Å². The van der Waals surface area contributed by atoms with Crippen molar-refractivity contribution in [3.8, 4) is 0 Å². The van der Waals surface area contributed by atoms with E-state index in [0.29, 0.717) is 10.9 Å². The molecule has 24 heavy (non-hydrogen) atoms. The summed E-state index contributed by atoms with van der Waals surface area (Å²) in [5.41, 5.74) is 9.91. The first kappa shape index (κ1) is 16.1. The summed E-state index contributed by atoms with van der Waals surface area (Å²) >= 11 is 5.39. The van der Waals surface area contributed by atoms with Gasteiger partial charge in [0.15, 0.2) is 16.8 Å². The Hall–Kier alpha value is -2.74. The van der Waals surface area contributed by atoms with Crippen LogP contribution in [0.15, 0.2) is 53.9 Å². The predicted octanol–water partition coefficient (Wildman–Crippen LogP) is 0.794. The van der Waals surface area contributed by atoms with Crippen molar-refractivity contribution in [2.75, 3.05) is 31.1 Å². The summed E-state index contributed by atoms with van der Waals surface area (Å²) in [6, 6.07) is 12.1. The smallest absolute Gasteiger partial charge is 0.196 e. The van der Waals surface area contributed by atoms with Gasteiger partial charge in [-0.25, -0.2) is 9.97 Å². The molecule has 2 aromatic rings. The molecule has 0 atom stereocenters. The average molecular weight is 341 g/mol. The topological polar surface area (TPSA) is 82.7 Å². The maximum Gasteiger partial charge on any atom is 0.196 e. The molecule has 1 aromatic carbocycles. The van der Waals surface area contributed by atoms with Gasteiger partial charge in [-0.05, 0) is 30.4 Å². The predicted molar refractivity (Wildman–Crippen MR) is 98.7 cm³/mol. The van der Waals surface area contributed by atoms with Crippen LogP contribution in [0, 0.1) is 0 Å². The number of rotatable bonds is 3. The molecule has 8 heteroatoms. The third kappa shape index (κ3) is 3.96. The zero-order valence-corrected chi connectivity index (χ0v) is 14.0. The van der Waals surface area contributed by atoms with E-state index in [4.69, 9.17) is 18.0 Å². The molecule has 0 radical (unpaired) electrons. The maximum absolute atomic E-state index is 5.85. The van der Waals surface area contributed by atoms with Crippen LogP contribution in [0.2, 0.25) is 0 Å². The lowest BCUT2D eigenvalue weighted by molar-refractivity contribution is 0.381. The number of benzene rings is 1. The van der Waals surface area contributed by atoms with E-state index in [1.165, 1.54) is 5.69 Å². The van der Waals surface area contributed by atoms with Crippen LogP contribution in [0.3, 0.4) is 0 Å². The van der Waals surface area contributed by atoms with E-state index in [1.807, 2.05) is 6.07 Å². The lowest BCUT2D eigenvalue weighted by Crippen LogP contribution is -2.51. The highest BCUT2D eigenvalue weighted by molar-refractivity contribution is 7.80. The van der Waals surface area contributed by atoms with Gasteiger partial charge in [0.05, 0.1) is 0 Å². The zero-order chi connectivity index (χ0) is 16.8. The van der Waals surface area contributed by atoms with E-state index in [-0.39, 0.29) is 5.84 Å². The summed E-state index contributed by atoms with van der Waals surface area (Å²) in [5.74, 6) is 0.586. The van der Waals surface area contributed by atoms with Crippen molar-refractivity contribution in [3.05, 3.63) is 54.6 Å². The molecule has 1 aliphatic rings. The van der Waals surface area contributed by atoms with Crippen molar-refractivity contribution in [1.29, 1.82) is 0 Å². The molecule has 2 heterocycles. The first-order chi connectivity index (χ1) is 11.7. The van der Waals surface area contributed by atoms with Crippen LogP contribution in [0.4, 0.5) is 5.69 Å². The lowest BCUT2D eigenvalue weighted by Gasteiger charge is -2.36. The van der Waals surface area contributed by atoms with E-state index >= 15 is 0 Å². The number of piperazine rings is 1. The van der Waals surface area contributed by atoms with Gasteiger partial charge in [0.25, 0.3) is 0 Å². The molecule has 7 nitrogen and oxygen atoms in total. The second kappa shape index (κ2) is 7.69. The Morgan fingerprint density at radius 1 is 1.04 bits per heavy atom. The van der Waals surface area contributed by atoms with E-state index in [0.717, 1.165) is 26.2 Å². The Morgan fingerprint density at radius 2 is 1.71 bits per heavy atom. The fraction of sp³-hybridized carbons (Fsp3) is 0.250. The fourth-order valence-electron chi connectivity index (χ4n) is 2.47. The van der Waals surface area contributed by atoms with Gasteiger partial charge in [-0.3, -0.25) is 5.43 Å². The Balaban J connectivity index is 1.52. The molecule has 3 rings (SSSR count). The minimum atomic E-state index is 0.209. The highest BCUT2D eigenvalue weighted by atomic mass is 32.1. The van der Waals surface area contributed by atoms with Crippen LogP contribution in [0.1, 0.15) is 5.82 Å². The van der Waals surface area contributed by atoms with Gasteiger partial charge in [0.2, 0.25) is 0 Å². The van der Waals surface area contributed by atoms with E-state index in [2.05, 4.69) is 54.6 Å². The van der Waals surface area contributed by atoms with Gasteiger partial charge in [-0.15, -0.1) is 0 Å². The number of aromatic nitrogens is 2. The quantitative estimate of drug-likeness (QED) is 0.370. The highest BCUT2D eigenvalue weighted by Gasteiger charge is 2.19. The van der Waals surface area contributed by atoms with Crippen molar-refractivity contribution in [3.63, 3.8) is 0 Å². The van der Waals surface area contributed by atoms with Crippen LogP contribution in [0.5, 0.6) is 0 Å². The normalized spacial score (nSPS) is 15.2. The Morgan fingerprint density at radius 3 is 2.38 bits per heavy atom. The number of thiocarbonyl (C=S) groups is 1. The molecule has 1 aromatic heterocycles. The van der Waals surface area contributed by atoms with E-state index < -0.39 is 0 Å². The number of hydrazone groups is 1. The standard InChI is InChI=1S/C16H19N7S/c17-14(15-18-7-4-8-19-15)20-21-16(24)23-11-9-22(10-12-23)13-5-2-1-3-6-13/h1-8H,9-12H2,(H2,17,20)(H,21,24). The lowest BCUT2D eigenvalue weighted by atomic mass is 10.2. The number of nitrogens with one attached hydrogen (secondary N) is 1. The van der Waals surface area contributed by atoms with Gasteiger partial charge in [-0.1, -0.05) is 18.2 Å². The first-order valence-electron chi connectivity index (χ1n) is 7.69. The molecule has 0 spiro atoms. The minimum Gasteiger partial charge on any atom is -0.379 e. The average Bonchev–Trinajstić information content (AvgIpc) is 2.67. The molecular weight excluding hydrogens is 322 g/mol. The largest absolute Gasteiger partial charge is 0.379 e. The molecule has 0 bridgehead atoms. The molecular formula is C16H19N7S. The Bertz CT molecular complexity index is 697.